The quantitative estimate of drug-likeness (QED) is 0.0261. The lowest BCUT2D eigenvalue weighted by molar-refractivity contribution is -0.302. The molecule has 1 aliphatic rings. The van der Waals surface area contributed by atoms with Gasteiger partial charge in [-0.15, -0.1) is 0 Å². The van der Waals surface area contributed by atoms with Gasteiger partial charge in [0.1, 0.15) is 24.4 Å². The van der Waals surface area contributed by atoms with E-state index in [-0.39, 0.29) is 12.5 Å². The average molecular weight is 953 g/mol. The maximum Gasteiger partial charge on any atom is 0.220 e. The molecule has 0 aromatic carbocycles. The zero-order valence-corrected chi connectivity index (χ0v) is 44.2. The lowest BCUT2D eigenvalue weighted by atomic mass is 9.99. The molecule has 1 fully saturated rings. The number of hydrogen-bond donors (Lipinski definition) is 6. The standard InChI is InChI=1S/C58H113NO8/c1-3-5-7-9-11-13-14-15-16-17-18-19-20-21-22-23-24-25-26-27-28-29-30-31-32-33-34-35-36-37-38-40-42-44-46-48-54(62)59-51(52(61)47-45-43-41-39-12-10-8-6-4-2)50-66-58-57(65)56(64)55(63)53(49-60)67-58/h23-24,51-53,55-58,60-61,63-65H,3-22,25-50H2,1-2H3,(H,59,62)/b24-23-. The normalized spacial score (nSPS) is 19.7. The summed E-state index contributed by atoms with van der Waals surface area (Å²) in [5.74, 6) is -0.141. The molecule has 0 aromatic heterocycles. The van der Waals surface area contributed by atoms with Gasteiger partial charge in [0, 0.05) is 6.42 Å². The Balaban J connectivity index is 2.01. The van der Waals surface area contributed by atoms with Crippen LogP contribution in [0.4, 0.5) is 0 Å². The molecule has 0 aromatic rings. The average Bonchev–Trinajstić information content (AvgIpc) is 3.33. The summed E-state index contributed by atoms with van der Waals surface area (Å²) < 4.78 is 11.3. The highest BCUT2D eigenvalue weighted by Crippen LogP contribution is 2.23. The maximum absolute atomic E-state index is 13.0. The van der Waals surface area contributed by atoms with Gasteiger partial charge in [-0.2, -0.15) is 0 Å². The molecule has 9 nitrogen and oxygen atoms in total. The van der Waals surface area contributed by atoms with Crippen molar-refractivity contribution >= 4 is 5.91 Å². The van der Waals surface area contributed by atoms with Crippen molar-refractivity contribution in [2.75, 3.05) is 13.2 Å². The number of ether oxygens (including phenoxy) is 2. The Bertz CT molecular complexity index is 1060. The van der Waals surface area contributed by atoms with Crippen molar-refractivity contribution in [2.24, 2.45) is 0 Å². The number of allylic oxidation sites excluding steroid dienone is 2. The zero-order valence-electron chi connectivity index (χ0n) is 44.2. The molecule has 1 amide bonds. The lowest BCUT2D eigenvalue weighted by Crippen LogP contribution is -2.60. The van der Waals surface area contributed by atoms with Crippen LogP contribution in [0.5, 0.6) is 0 Å². The summed E-state index contributed by atoms with van der Waals surface area (Å²) in [6.07, 6.45) is 52.9. The van der Waals surface area contributed by atoms with Gasteiger partial charge >= 0.3 is 0 Å². The van der Waals surface area contributed by atoms with E-state index in [2.05, 4.69) is 31.3 Å². The van der Waals surface area contributed by atoms with Crippen molar-refractivity contribution in [3.05, 3.63) is 12.2 Å². The summed E-state index contributed by atoms with van der Waals surface area (Å²) in [5, 5.41) is 54.4. The number of carbonyl (C=O) groups is 1. The molecule has 0 radical (unpaired) electrons. The third kappa shape index (κ3) is 38.3. The Morgan fingerprint density at radius 3 is 1.21 bits per heavy atom. The number of nitrogens with one attached hydrogen (secondary N) is 1. The first kappa shape index (κ1) is 63.9. The molecule has 1 rings (SSSR count). The molecule has 0 bridgehead atoms. The molecule has 0 spiro atoms. The van der Waals surface area contributed by atoms with E-state index in [9.17, 15) is 30.3 Å². The SMILES string of the molecule is CCCCCCCCCCCCCCCC/C=C\CCCCCCCCCCCCCCCCCCCC(=O)NC(COC1OC(CO)C(O)C(O)C1O)C(O)CCCCCCCCCCC. The van der Waals surface area contributed by atoms with Crippen LogP contribution in [0.1, 0.15) is 296 Å². The van der Waals surface area contributed by atoms with Gasteiger partial charge < -0.3 is 40.3 Å². The number of unbranched alkanes of at least 4 members (excludes halogenated alkanes) is 39. The fourth-order valence-corrected chi connectivity index (χ4v) is 9.69. The van der Waals surface area contributed by atoms with Gasteiger partial charge in [0.2, 0.25) is 5.91 Å². The lowest BCUT2D eigenvalue weighted by Gasteiger charge is -2.40. The van der Waals surface area contributed by atoms with E-state index in [1.807, 2.05) is 0 Å². The first-order valence-corrected chi connectivity index (χ1v) is 29.4. The topological polar surface area (TPSA) is 149 Å². The summed E-state index contributed by atoms with van der Waals surface area (Å²) in [6.45, 7) is 3.84. The van der Waals surface area contributed by atoms with Crippen molar-refractivity contribution in [1.82, 2.24) is 5.32 Å². The summed E-state index contributed by atoms with van der Waals surface area (Å²) in [7, 11) is 0. The minimum absolute atomic E-state index is 0.134. The summed E-state index contributed by atoms with van der Waals surface area (Å²) in [5.41, 5.74) is 0. The van der Waals surface area contributed by atoms with Crippen LogP contribution in [0.2, 0.25) is 0 Å². The summed E-state index contributed by atoms with van der Waals surface area (Å²) in [4.78, 5) is 13.0. The number of rotatable bonds is 51. The van der Waals surface area contributed by atoms with E-state index in [0.717, 1.165) is 38.5 Å². The molecule has 1 aliphatic heterocycles. The van der Waals surface area contributed by atoms with Crippen molar-refractivity contribution in [3.63, 3.8) is 0 Å². The fraction of sp³-hybridized carbons (Fsp3) is 0.948. The highest BCUT2D eigenvalue weighted by molar-refractivity contribution is 5.76. The Hall–Kier alpha value is -1.07. The number of aliphatic hydroxyl groups is 5. The van der Waals surface area contributed by atoms with Crippen LogP contribution in [0.15, 0.2) is 12.2 Å². The molecule has 1 saturated heterocycles. The third-order valence-electron chi connectivity index (χ3n) is 14.4. The summed E-state index contributed by atoms with van der Waals surface area (Å²) >= 11 is 0. The first-order valence-electron chi connectivity index (χ1n) is 29.4. The first-order chi connectivity index (χ1) is 32.8. The van der Waals surface area contributed by atoms with E-state index in [1.165, 1.54) is 231 Å². The molecule has 1 heterocycles. The van der Waals surface area contributed by atoms with E-state index in [1.54, 1.807) is 0 Å². The van der Waals surface area contributed by atoms with Crippen LogP contribution >= 0.6 is 0 Å². The van der Waals surface area contributed by atoms with Gasteiger partial charge in [0.05, 0.1) is 25.4 Å². The highest BCUT2D eigenvalue weighted by atomic mass is 16.7. The maximum atomic E-state index is 13.0. The number of carbonyl (C=O) groups excluding carboxylic acids is 1. The van der Waals surface area contributed by atoms with Crippen LogP contribution in [-0.4, -0.2) is 87.5 Å². The minimum atomic E-state index is -1.55. The number of hydrogen-bond acceptors (Lipinski definition) is 8. The molecule has 0 saturated carbocycles. The Labute approximate surface area is 414 Å². The molecule has 7 atom stereocenters. The second kappa shape index (κ2) is 48.6. The van der Waals surface area contributed by atoms with Crippen LogP contribution in [-0.2, 0) is 14.3 Å². The van der Waals surface area contributed by atoms with Gasteiger partial charge in [0.15, 0.2) is 6.29 Å². The second-order valence-corrected chi connectivity index (χ2v) is 20.8. The van der Waals surface area contributed by atoms with Crippen molar-refractivity contribution in [3.8, 4) is 0 Å². The van der Waals surface area contributed by atoms with Gasteiger partial charge in [-0.3, -0.25) is 4.79 Å². The Morgan fingerprint density at radius 2 is 0.836 bits per heavy atom. The van der Waals surface area contributed by atoms with E-state index < -0.39 is 49.5 Å². The number of aliphatic hydroxyl groups excluding tert-OH is 5. The van der Waals surface area contributed by atoms with E-state index in [0.29, 0.717) is 12.8 Å². The fourth-order valence-electron chi connectivity index (χ4n) is 9.69. The highest BCUT2D eigenvalue weighted by Gasteiger charge is 2.44. The third-order valence-corrected chi connectivity index (χ3v) is 14.4. The molecule has 398 valence electrons. The van der Waals surface area contributed by atoms with E-state index >= 15 is 0 Å². The van der Waals surface area contributed by atoms with Crippen LogP contribution in [0, 0.1) is 0 Å². The van der Waals surface area contributed by atoms with Crippen molar-refractivity contribution in [1.29, 1.82) is 0 Å². The van der Waals surface area contributed by atoms with Gasteiger partial charge in [-0.1, -0.05) is 264 Å². The van der Waals surface area contributed by atoms with E-state index in [4.69, 9.17) is 9.47 Å². The smallest absolute Gasteiger partial charge is 0.220 e. The second-order valence-electron chi connectivity index (χ2n) is 20.8. The number of amides is 1. The van der Waals surface area contributed by atoms with Crippen LogP contribution < -0.4 is 5.32 Å². The predicted octanol–water partition coefficient (Wildman–Crippen LogP) is 14.4. The molecular weight excluding hydrogens is 839 g/mol. The van der Waals surface area contributed by atoms with Crippen molar-refractivity contribution < 1.29 is 39.8 Å². The Morgan fingerprint density at radius 1 is 0.493 bits per heavy atom. The molecule has 7 unspecified atom stereocenters. The largest absolute Gasteiger partial charge is 0.394 e. The minimum Gasteiger partial charge on any atom is -0.394 e. The predicted molar refractivity (Wildman–Crippen MR) is 281 cm³/mol. The Kier molecular flexibility index (Phi) is 46.3. The molecule has 6 N–H and O–H groups in total. The molecule has 9 heteroatoms. The molecule has 67 heavy (non-hydrogen) atoms. The van der Waals surface area contributed by atoms with Gasteiger partial charge in [-0.25, -0.2) is 0 Å². The zero-order chi connectivity index (χ0) is 48.7. The monoisotopic (exact) mass is 952 g/mol. The molecule has 0 aliphatic carbocycles. The van der Waals surface area contributed by atoms with Gasteiger partial charge in [0.25, 0.3) is 0 Å². The van der Waals surface area contributed by atoms with Crippen LogP contribution in [0.25, 0.3) is 0 Å². The summed E-state index contributed by atoms with van der Waals surface area (Å²) in [6, 6.07) is -0.713. The van der Waals surface area contributed by atoms with Gasteiger partial charge in [-0.05, 0) is 38.5 Å². The van der Waals surface area contributed by atoms with Crippen LogP contribution in [0.3, 0.4) is 0 Å². The van der Waals surface area contributed by atoms with Crippen molar-refractivity contribution in [2.45, 2.75) is 339 Å². The molecular formula is C58H113NO8.